The summed E-state index contributed by atoms with van der Waals surface area (Å²) in [5, 5.41) is 2.70. The lowest BCUT2D eigenvalue weighted by atomic mass is 10.1. The van der Waals surface area contributed by atoms with E-state index in [0.29, 0.717) is 13.0 Å². The molecular formula is C14H18BrNO3. The summed E-state index contributed by atoms with van der Waals surface area (Å²) in [7, 11) is 0. The molecule has 0 aliphatic heterocycles. The Bertz CT molecular complexity index is 429. The van der Waals surface area contributed by atoms with Gasteiger partial charge >= 0.3 is 5.97 Å². The van der Waals surface area contributed by atoms with Gasteiger partial charge in [0, 0.05) is 11.0 Å². The van der Waals surface area contributed by atoms with E-state index in [-0.39, 0.29) is 24.4 Å². The molecule has 104 valence electrons. The second kappa shape index (κ2) is 7.94. The minimum absolute atomic E-state index is 0.0975. The maximum absolute atomic E-state index is 11.6. The van der Waals surface area contributed by atoms with Gasteiger partial charge in [-0.05, 0) is 31.5 Å². The zero-order valence-corrected chi connectivity index (χ0v) is 12.7. The van der Waals surface area contributed by atoms with Crippen molar-refractivity contribution >= 4 is 27.8 Å². The van der Waals surface area contributed by atoms with E-state index in [4.69, 9.17) is 4.74 Å². The van der Waals surface area contributed by atoms with Crippen molar-refractivity contribution in [3.63, 3.8) is 0 Å². The van der Waals surface area contributed by atoms with Crippen LogP contribution in [0.2, 0.25) is 0 Å². The molecule has 1 N–H and O–H groups in total. The Hall–Kier alpha value is -1.36. The third-order valence-corrected chi connectivity index (χ3v) is 2.83. The van der Waals surface area contributed by atoms with Crippen LogP contribution in [-0.2, 0) is 20.7 Å². The summed E-state index contributed by atoms with van der Waals surface area (Å²) in [5.41, 5.74) is 0.936. The predicted molar refractivity (Wildman–Crippen MR) is 76.7 cm³/mol. The van der Waals surface area contributed by atoms with Gasteiger partial charge in [-0.2, -0.15) is 0 Å². The van der Waals surface area contributed by atoms with Crippen molar-refractivity contribution in [2.45, 2.75) is 32.8 Å². The van der Waals surface area contributed by atoms with Gasteiger partial charge in [-0.1, -0.05) is 28.1 Å². The maximum atomic E-state index is 11.6. The lowest BCUT2D eigenvalue weighted by molar-refractivity contribution is -0.147. The number of carbonyl (C=O) groups excluding carboxylic acids is 2. The van der Waals surface area contributed by atoms with E-state index < -0.39 is 0 Å². The fourth-order valence-corrected chi connectivity index (χ4v) is 1.74. The quantitative estimate of drug-likeness (QED) is 0.816. The molecule has 0 saturated heterocycles. The normalized spacial score (nSPS) is 10.3. The number of esters is 1. The molecule has 1 rings (SSSR count). The highest BCUT2D eigenvalue weighted by molar-refractivity contribution is 9.10. The smallest absolute Gasteiger partial charge is 0.307 e. The van der Waals surface area contributed by atoms with Crippen LogP contribution in [0.3, 0.4) is 0 Å². The van der Waals surface area contributed by atoms with Crippen molar-refractivity contribution in [2.24, 2.45) is 0 Å². The van der Waals surface area contributed by atoms with Gasteiger partial charge in [-0.25, -0.2) is 0 Å². The summed E-state index contributed by atoms with van der Waals surface area (Å²) in [6, 6.07) is 7.55. The molecule has 19 heavy (non-hydrogen) atoms. The molecule has 0 unspecified atom stereocenters. The zero-order valence-electron chi connectivity index (χ0n) is 11.1. The Morgan fingerprint density at radius 1 is 1.26 bits per heavy atom. The van der Waals surface area contributed by atoms with E-state index in [1.165, 1.54) is 0 Å². The molecule has 0 saturated carbocycles. The molecule has 5 heteroatoms. The number of halogens is 1. The average Bonchev–Trinajstić information content (AvgIpc) is 2.31. The molecule has 4 nitrogen and oxygen atoms in total. The number of rotatable bonds is 6. The summed E-state index contributed by atoms with van der Waals surface area (Å²) in [5.74, 6) is -0.390. The monoisotopic (exact) mass is 327 g/mol. The van der Waals surface area contributed by atoms with Crippen molar-refractivity contribution in [3.05, 3.63) is 34.3 Å². The molecular weight excluding hydrogens is 310 g/mol. The Labute approximate surface area is 121 Å². The highest BCUT2D eigenvalue weighted by atomic mass is 79.9. The standard InChI is InChI=1S/C14H18BrNO3/c1-10(2)19-14(18)7-8-16-13(17)9-11-3-5-12(15)6-4-11/h3-6,10H,7-9H2,1-2H3,(H,16,17). The minimum Gasteiger partial charge on any atom is -0.463 e. The summed E-state index contributed by atoms with van der Waals surface area (Å²) < 4.78 is 5.95. The fraction of sp³-hybridized carbons (Fsp3) is 0.429. The lowest BCUT2D eigenvalue weighted by Crippen LogP contribution is -2.28. The number of amides is 1. The number of carbonyl (C=O) groups is 2. The number of hydrogen-bond donors (Lipinski definition) is 1. The van der Waals surface area contributed by atoms with E-state index >= 15 is 0 Å². The van der Waals surface area contributed by atoms with Gasteiger partial charge in [0.1, 0.15) is 0 Å². The van der Waals surface area contributed by atoms with Crippen LogP contribution in [0.5, 0.6) is 0 Å². The molecule has 1 amide bonds. The third-order valence-electron chi connectivity index (χ3n) is 2.30. The molecule has 0 aromatic heterocycles. The zero-order chi connectivity index (χ0) is 14.3. The van der Waals surface area contributed by atoms with Crippen molar-refractivity contribution < 1.29 is 14.3 Å². The van der Waals surface area contributed by atoms with Crippen molar-refractivity contribution in [1.29, 1.82) is 0 Å². The minimum atomic E-state index is -0.293. The average molecular weight is 328 g/mol. The third kappa shape index (κ3) is 6.96. The molecule has 0 aliphatic rings. The second-order valence-electron chi connectivity index (χ2n) is 4.44. The summed E-state index contributed by atoms with van der Waals surface area (Å²) >= 11 is 3.34. The van der Waals surface area contributed by atoms with Crippen LogP contribution in [0.15, 0.2) is 28.7 Å². The molecule has 0 atom stereocenters. The van der Waals surface area contributed by atoms with E-state index in [9.17, 15) is 9.59 Å². The van der Waals surface area contributed by atoms with Gasteiger partial charge in [-0.3, -0.25) is 9.59 Å². The molecule has 0 fully saturated rings. The fourth-order valence-electron chi connectivity index (χ4n) is 1.48. The Balaban J connectivity index is 2.25. The van der Waals surface area contributed by atoms with Crippen molar-refractivity contribution in [3.8, 4) is 0 Å². The summed E-state index contributed by atoms with van der Waals surface area (Å²) in [4.78, 5) is 22.9. The Kier molecular flexibility index (Phi) is 6.56. The first kappa shape index (κ1) is 15.7. The lowest BCUT2D eigenvalue weighted by Gasteiger charge is -2.08. The van der Waals surface area contributed by atoms with Crippen LogP contribution in [0, 0.1) is 0 Å². The van der Waals surface area contributed by atoms with Gasteiger partial charge < -0.3 is 10.1 Å². The molecule has 0 bridgehead atoms. The largest absolute Gasteiger partial charge is 0.463 e. The number of ether oxygens (including phenoxy) is 1. The van der Waals surface area contributed by atoms with Gasteiger partial charge in [0.05, 0.1) is 18.9 Å². The topological polar surface area (TPSA) is 55.4 Å². The predicted octanol–water partition coefficient (Wildman–Crippen LogP) is 2.45. The van der Waals surface area contributed by atoms with Gasteiger partial charge in [0.2, 0.25) is 5.91 Å². The van der Waals surface area contributed by atoms with E-state index in [2.05, 4.69) is 21.2 Å². The van der Waals surface area contributed by atoms with Gasteiger partial charge in [-0.15, -0.1) is 0 Å². The van der Waals surface area contributed by atoms with Crippen LogP contribution < -0.4 is 5.32 Å². The number of nitrogens with one attached hydrogen (secondary N) is 1. The van der Waals surface area contributed by atoms with Crippen molar-refractivity contribution in [1.82, 2.24) is 5.32 Å². The first-order valence-corrected chi connectivity index (χ1v) is 6.97. The summed E-state index contributed by atoms with van der Waals surface area (Å²) in [6.07, 6.45) is 0.391. The Morgan fingerprint density at radius 2 is 1.89 bits per heavy atom. The highest BCUT2D eigenvalue weighted by Gasteiger charge is 2.07. The van der Waals surface area contributed by atoms with Crippen molar-refractivity contribution in [2.75, 3.05) is 6.54 Å². The van der Waals surface area contributed by atoms with Crippen LogP contribution in [-0.4, -0.2) is 24.5 Å². The molecule has 1 aromatic carbocycles. The van der Waals surface area contributed by atoms with Crippen LogP contribution in [0.4, 0.5) is 0 Å². The SMILES string of the molecule is CC(C)OC(=O)CCNC(=O)Cc1ccc(Br)cc1. The highest BCUT2D eigenvalue weighted by Crippen LogP contribution is 2.10. The molecule has 1 aromatic rings. The van der Waals surface area contributed by atoms with E-state index in [1.54, 1.807) is 13.8 Å². The second-order valence-corrected chi connectivity index (χ2v) is 5.36. The molecule has 0 spiro atoms. The molecule has 0 heterocycles. The first-order valence-electron chi connectivity index (χ1n) is 6.18. The van der Waals surface area contributed by atoms with Gasteiger partial charge in [0.15, 0.2) is 0 Å². The number of hydrogen-bond acceptors (Lipinski definition) is 3. The molecule has 0 aliphatic carbocycles. The Morgan fingerprint density at radius 3 is 2.47 bits per heavy atom. The van der Waals surface area contributed by atoms with Crippen LogP contribution >= 0.6 is 15.9 Å². The first-order chi connectivity index (χ1) is 8.97. The number of benzene rings is 1. The van der Waals surface area contributed by atoms with E-state index in [0.717, 1.165) is 10.0 Å². The van der Waals surface area contributed by atoms with E-state index in [1.807, 2.05) is 24.3 Å². The summed E-state index contributed by atoms with van der Waals surface area (Å²) in [6.45, 7) is 3.90. The molecule has 0 radical (unpaired) electrons. The maximum Gasteiger partial charge on any atom is 0.307 e. The van der Waals surface area contributed by atoms with Crippen LogP contribution in [0.25, 0.3) is 0 Å². The van der Waals surface area contributed by atoms with Gasteiger partial charge in [0.25, 0.3) is 0 Å². The van der Waals surface area contributed by atoms with Crippen LogP contribution in [0.1, 0.15) is 25.8 Å².